The molecule has 2 aromatic rings. The minimum atomic E-state index is 0.526. The highest BCUT2D eigenvalue weighted by Gasteiger charge is 2.22. The first kappa shape index (κ1) is 12.6. The van der Waals surface area contributed by atoms with E-state index in [1.807, 2.05) is 6.07 Å². The van der Waals surface area contributed by atoms with Crippen molar-refractivity contribution >= 4 is 22.6 Å². The standard InChI is InChI=1S/C15H19ClN4/c16-14-7-11(10-19-4-1-2-5-19)13-3-6-20(15(13)18-14)12-8-17-9-12/h3,6-7,12,17H,1-2,4-5,8-10H2. The molecule has 2 aliphatic rings. The summed E-state index contributed by atoms with van der Waals surface area (Å²) in [6.45, 7) is 5.45. The molecule has 0 unspecified atom stereocenters. The van der Waals surface area contributed by atoms with Crippen LogP contribution in [0.2, 0.25) is 5.15 Å². The number of pyridine rings is 1. The molecule has 106 valence electrons. The maximum Gasteiger partial charge on any atom is 0.142 e. The summed E-state index contributed by atoms with van der Waals surface area (Å²) in [7, 11) is 0. The molecule has 2 aromatic heterocycles. The average molecular weight is 291 g/mol. The quantitative estimate of drug-likeness (QED) is 0.882. The van der Waals surface area contributed by atoms with Gasteiger partial charge < -0.3 is 9.88 Å². The Bertz CT molecular complexity index is 626. The molecular weight excluding hydrogens is 272 g/mol. The summed E-state index contributed by atoms with van der Waals surface area (Å²) in [5.41, 5.74) is 2.35. The lowest BCUT2D eigenvalue weighted by molar-refractivity contribution is 0.332. The van der Waals surface area contributed by atoms with Crippen LogP contribution in [0, 0.1) is 0 Å². The zero-order valence-electron chi connectivity index (χ0n) is 11.5. The van der Waals surface area contributed by atoms with Crippen molar-refractivity contribution in [2.45, 2.75) is 25.4 Å². The summed E-state index contributed by atoms with van der Waals surface area (Å²) < 4.78 is 2.27. The van der Waals surface area contributed by atoms with E-state index in [1.165, 1.54) is 36.9 Å². The molecule has 1 N–H and O–H groups in total. The summed E-state index contributed by atoms with van der Waals surface area (Å²) in [5, 5.41) is 5.18. The summed E-state index contributed by atoms with van der Waals surface area (Å²) in [6.07, 6.45) is 4.79. The second-order valence-electron chi connectivity index (χ2n) is 5.86. The van der Waals surface area contributed by atoms with Crippen molar-refractivity contribution in [3.8, 4) is 0 Å². The molecule has 2 aliphatic heterocycles. The van der Waals surface area contributed by atoms with Gasteiger partial charge in [-0.2, -0.15) is 0 Å². The predicted octanol–water partition coefficient (Wildman–Crippen LogP) is 2.43. The third-order valence-electron chi connectivity index (χ3n) is 4.49. The summed E-state index contributed by atoms with van der Waals surface area (Å²) in [6, 6.07) is 4.76. The van der Waals surface area contributed by atoms with E-state index in [1.54, 1.807) is 0 Å². The van der Waals surface area contributed by atoms with E-state index in [0.717, 1.165) is 25.3 Å². The third kappa shape index (κ3) is 2.12. The minimum Gasteiger partial charge on any atom is -0.327 e. The molecule has 4 rings (SSSR count). The lowest BCUT2D eigenvalue weighted by Gasteiger charge is -2.29. The van der Waals surface area contributed by atoms with Crippen molar-refractivity contribution < 1.29 is 0 Å². The van der Waals surface area contributed by atoms with Crippen molar-refractivity contribution in [2.75, 3.05) is 26.2 Å². The first-order valence-corrected chi connectivity index (χ1v) is 7.78. The maximum atomic E-state index is 6.25. The fraction of sp³-hybridized carbons (Fsp3) is 0.533. The van der Waals surface area contributed by atoms with E-state index in [-0.39, 0.29) is 0 Å². The Kier molecular flexibility index (Phi) is 3.17. The molecule has 4 heterocycles. The van der Waals surface area contributed by atoms with Gasteiger partial charge in [-0.15, -0.1) is 0 Å². The van der Waals surface area contributed by atoms with Crippen LogP contribution in [-0.4, -0.2) is 40.6 Å². The molecule has 2 fully saturated rings. The van der Waals surface area contributed by atoms with Gasteiger partial charge >= 0.3 is 0 Å². The zero-order chi connectivity index (χ0) is 13.5. The van der Waals surface area contributed by atoms with Crippen LogP contribution < -0.4 is 5.32 Å². The van der Waals surface area contributed by atoms with Crippen LogP contribution in [-0.2, 0) is 6.54 Å². The van der Waals surface area contributed by atoms with Gasteiger partial charge in [0, 0.05) is 31.2 Å². The first-order valence-electron chi connectivity index (χ1n) is 7.40. The fourth-order valence-corrected chi connectivity index (χ4v) is 3.45. The highest BCUT2D eigenvalue weighted by molar-refractivity contribution is 6.29. The maximum absolute atomic E-state index is 6.25. The highest BCUT2D eigenvalue weighted by atomic mass is 35.5. The molecule has 0 aromatic carbocycles. The number of hydrogen-bond acceptors (Lipinski definition) is 3. The molecule has 20 heavy (non-hydrogen) atoms. The molecule has 0 bridgehead atoms. The van der Waals surface area contributed by atoms with Crippen molar-refractivity contribution in [1.29, 1.82) is 0 Å². The first-order chi connectivity index (χ1) is 9.81. The van der Waals surface area contributed by atoms with Crippen molar-refractivity contribution in [3.63, 3.8) is 0 Å². The summed E-state index contributed by atoms with van der Waals surface area (Å²) in [5.74, 6) is 0. The number of fused-ring (bicyclic) bond motifs is 1. The van der Waals surface area contributed by atoms with Crippen LogP contribution in [0.1, 0.15) is 24.4 Å². The molecule has 0 atom stereocenters. The Morgan fingerprint density at radius 3 is 2.80 bits per heavy atom. The van der Waals surface area contributed by atoms with E-state index in [9.17, 15) is 0 Å². The Morgan fingerprint density at radius 1 is 1.30 bits per heavy atom. The number of nitrogens with zero attached hydrogens (tertiary/aromatic N) is 3. The number of nitrogens with one attached hydrogen (secondary N) is 1. The molecule has 0 amide bonds. The predicted molar refractivity (Wildman–Crippen MR) is 81.2 cm³/mol. The molecular formula is C15H19ClN4. The monoisotopic (exact) mass is 290 g/mol. The molecule has 2 saturated heterocycles. The van der Waals surface area contributed by atoms with Crippen LogP contribution in [0.5, 0.6) is 0 Å². The Hall–Kier alpha value is -1.10. The van der Waals surface area contributed by atoms with Crippen molar-refractivity contribution in [2.24, 2.45) is 0 Å². The smallest absolute Gasteiger partial charge is 0.142 e. The molecule has 0 aliphatic carbocycles. The van der Waals surface area contributed by atoms with Gasteiger partial charge in [-0.25, -0.2) is 4.98 Å². The van der Waals surface area contributed by atoms with Gasteiger partial charge in [0.25, 0.3) is 0 Å². The fourth-order valence-electron chi connectivity index (χ4n) is 3.24. The number of rotatable bonds is 3. The van der Waals surface area contributed by atoms with Gasteiger partial charge in [0.05, 0.1) is 6.04 Å². The summed E-state index contributed by atoms with van der Waals surface area (Å²) >= 11 is 6.25. The largest absolute Gasteiger partial charge is 0.327 e. The van der Waals surface area contributed by atoms with Crippen LogP contribution in [0.25, 0.3) is 11.0 Å². The number of likely N-dealkylation sites (tertiary alicyclic amines) is 1. The van der Waals surface area contributed by atoms with Gasteiger partial charge in [0.2, 0.25) is 0 Å². The Morgan fingerprint density at radius 2 is 2.10 bits per heavy atom. The average Bonchev–Trinajstić information content (AvgIpc) is 2.98. The zero-order valence-corrected chi connectivity index (χ0v) is 12.2. The van der Waals surface area contributed by atoms with Crippen molar-refractivity contribution in [3.05, 3.63) is 29.0 Å². The number of hydrogen-bond donors (Lipinski definition) is 1. The van der Waals surface area contributed by atoms with Gasteiger partial charge in [0.1, 0.15) is 10.8 Å². The van der Waals surface area contributed by atoms with Gasteiger partial charge in [0.15, 0.2) is 0 Å². The van der Waals surface area contributed by atoms with Gasteiger partial charge in [-0.05, 0) is 43.6 Å². The van der Waals surface area contributed by atoms with Crippen LogP contribution in [0.3, 0.4) is 0 Å². The van der Waals surface area contributed by atoms with Crippen LogP contribution >= 0.6 is 11.6 Å². The normalized spacial score (nSPS) is 20.6. The minimum absolute atomic E-state index is 0.526. The molecule has 0 saturated carbocycles. The van der Waals surface area contributed by atoms with E-state index < -0.39 is 0 Å². The summed E-state index contributed by atoms with van der Waals surface area (Å²) in [4.78, 5) is 7.06. The molecule has 4 nitrogen and oxygen atoms in total. The molecule has 0 spiro atoms. The topological polar surface area (TPSA) is 33.1 Å². The lowest BCUT2D eigenvalue weighted by Crippen LogP contribution is -2.43. The number of aromatic nitrogens is 2. The van der Waals surface area contributed by atoms with Gasteiger partial charge in [-0.3, -0.25) is 4.90 Å². The second-order valence-corrected chi connectivity index (χ2v) is 6.25. The lowest BCUT2D eigenvalue weighted by atomic mass is 10.1. The number of halogens is 1. The Labute approximate surface area is 123 Å². The van der Waals surface area contributed by atoms with E-state index >= 15 is 0 Å². The van der Waals surface area contributed by atoms with E-state index in [0.29, 0.717) is 11.2 Å². The molecule has 0 radical (unpaired) electrons. The third-order valence-corrected chi connectivity index (χ3v) is 4.68. The highest BCUT2D eigenvalue weighted by Crippen LogP contribution is 2.27. The van der Waals surface area contributed by atoms with Crippen LogP contribution in [0.4, 0.5) is 0 Å². The Balaban J connectivity index is 1.73. The van der Waals surface area contributed by atoms with Crippen molar-refractivity contribution in [1.82, 2.24) is 19.8 Å². The van der Waals surface area contributed by atoms with E-state index in [4.69, 9.17) is 11.6 Å². The van der Waals surface area contributed by atoms with E-state index in [2.05, 4.69) is 32.0 Å². The van der Waals surface area contributed by atoms with Crippen LogP contribution in [0.15, 0.2) is 18.3 Å². The second kappa shape index (κ2) is 5.02. The molecule has 5 heteroatoms. The van der Waals surface area contributed by atoms with Gasteiger partial charge in [-0.1, -0.05) is 11.6 Å². The SMILES string of the molecule is Clc1cc(CN2CCCC2)c2ccn(C3CNC3)c2n1.